The van der Waals surface area contributed by atoms with Gasteiger partial charge in [0, 0.05) is 13.1 Å². The van der Waals surface area contributed by atoms with Gasteiger partial charge in [-0.15, -0.1) is 11.3 Å². The summed E-state index contributed by atoms with van der Waals surface area (Å²) in [5.74, 6) is 1.62. The third-order valence-corrected chi connectivity index (χ3v) is 5.51. The van der Waals surface area contributed by atoms with E-state index in [0.29, 0.717) is 17.1 Å². The second-order valence-electron chi connectivity index (χ2n) is 6.59. The van der Waals surface area contributed by atoms with Crippen molar-refractivity contribution in [3.05, 3.63) is 51.9 Å². The van der Waals surface area contributed by atoms with Gasteiger partial charge in [0.25, 0.3) is 5.56 Å². The predicted octanol–water partition coefficient (Wildman–Crippen LogP) is 2.70. The van der Waals surface area contributed by atoms with E-state index in [0.717, 1.165) is 36.6 Å². The molecule has 26 heavy (non-hydrogen) atoms. The Kier molecular flexibility index (Phi) is 4.65. The number of nitrogens with one attached hydrogen (secondary N) is 1. The highest BCUT2D eigenvalue weighted by Crippen LogP contribution is 2.32. The number of fused-ring (bicyclic) bond motifs is 2. The zero-order valence-electron chi connectivity index (χ0n) is 14.9. The monoisotopic (exact) mass is 370 g/mol. The summed E-state index contributed by atoms with van der Waals surface area (Å²) in [5.41, 5.74) is 1.86. The van der Waals surface area contributed by atoms with Crippen molar-refractivity contribution >= 4 is 27.2 Å². The first-order valence-electron chi connectivity index (χ1n) is 8.79. The molecule has 0 bridgehead atoms. The summed E-state index contributed by atoms with van der Waals surface area (Å²) in [5, 5.41) is 1.90. The molecule has 0 amide bonds. The Morgan fingerprint density at radius 1 is 1.38 bits per heavy atom. The molecule has 136 valence electrons. The van der Waals surface area contributed by atoms with E-state index < -0.39 is 0 Å². The normalized spacial score (nSPS) is 16.7. The second-order valence-corrected chi connectivity index (χ2v) is 7.51. The van der Waals surface area contributed by atoms with Gasteiger partial charge in [-0.25, -0.2) is 4.98 Å². The maximum atomic E-state index is 12.1. The van der Waals surface area contributed by atoms with Gasteiger partial charge in [-0.05, 0) is 37.6 Å². The zero-order chi connectivity index (χ0) is 18.1. The standard InChI is InChI=1S/C19H22N4O2S/c1-3-23-11-13(25-16-7-5-4-6-15(16)23)10-22(2)12-17-20-14-8-9-26-18(14)19(24)21-17/h4-9,13H,3,10-12H2,1-2H3,(H,20,21,24). The van der Waals surface area contributed by atoms with E-state index in [1.807, 2.05) is 36.7 Å². The summed E-state index contributed by atoms with van der Waals surface area (Å²) in [6.07, 6.45) is 0.0754. The van der Waals surface area contributed by atoms with Crippen LogP contribution in [0.15, 0.2) is 40.5 Å². The lowest BCUT2D eigenvalue weighted by atomic mass is 10.2. The molecular weight excluding hydrogens is 348 g/mol. The SMILES string of the molecule is CCN1CC(CN(C)Cc2nc3ccsc3c(=O)[nH]2)Oc2ccccc21. The molecule has 1 N–H and O–H groups in total. The van der Waals surface area contributed by atoms with Crippen LogP contribution in [-0.4, -0.2) is 47.7 Å². The average Bonchev–Trinajstić information content (AvgIpc) is 3.10. The molecule has 4 rings (SSSR count). The van der Waals surface area contributed by atoms with Gasteiger partial charge >= 0.3 is 0 Å². The van der Waals surface area contributed by atoms with Crippen LogP contribution in [0.4, 0.5) is 5.69 Å². The molecule has 7 heteroatoms. The maximum absolute atomic E-state index is 12.1. The Hall–Kier alpha value is -2.38. The maximum Gasteiger partial charge on any atom is 0.268 e. The van der Waals surface area contributed by atoms with Crippen LogP contribution in [0.25, 0.3) is 10.2 Å². The van der Waals surface area contributed by atoms with Gasteiger partial charge in [-0.3, -0.25) is 9.69 Å². The first kappa shape index (κ1) is 17.1. The van der Waals surface area contributed by atoms with E-state index in [-0.39, 0.29) is 11.7 Å². The third-order valence-electron chi connectivity index (χ3n) is 4.60. The van der Waals surface area contributed by atoms with Crippen molar-refractivity contribution in [1.29, 1.82) is 0 Å². The fourth-order valence-electron chi connectivity index (χ4n) is 3.44. The topological polar surface area (TPSA) is 61.5 Å². The Morgan fingerprint density at radius 3 is 3.08 bits per heavy atom. The summed E-state index contributed by atoms with van der Waals surface area (Å²) in [4.78, 5) is 24.0. The first-order valence-corrected chi connectivity index (χ1v) is 9.67. The number of likely N-dealkylation sites (N-methyl/N-ethyl adjacent to an activating group) is 2. The highest BCUT2D eigenvalue weighted by Gasteiger charge is 2.25. The minimum absolute atomic E-state index is 0.0617. The summed E-state index contributed by atoms with van der Waals surface area (Å²) >= 11 is 1.42. The number of benzene rings is 1. The zero-order valence-corrected chi connectivity index (χ0v) is 15.8. The van der Waals surface area contributed by atoms with Crippen LogP contribution in [0, 0.1) is 0 Å². The molecule has 1 aliphatic rings. The van der Waals surface area contributed by atoms with Crippen molar-refractivity contribution in [2.45, 2.75) is 19.6 Å². The van der Waals surface area contributed by atoms with Crippen LogP contribution in [0.3, 0.4) is 0 Å². The molecule has 0 fully saturated rings. The van der Waals surface area contributed by atoms with E-state index in [4.69, 9.17) is 4.74 Å². The summed E-state index contributed by atoms with van der Waals surface area (Å²) in [7, 11) is 2.03. The number of thiophene rings is 1. The van der Waals surface area contributed by atoms with Gasteiger partial charge in [-0.2, -0.15) is 0 Å². The van der Waals surface area contributed by atoms with Crippen molar-refractivity contribution in [1.82, 2.24) is 14.9 Å². The molecule has 0 radical (unpaired) electrons. The van der Waals surface area contributed by atoms with Crippen molar-refractivity contribution in [3.8, 4) is 5.75 Å². The number of nitrogens with zero attached hydrogens (tertiary/aromatic N) is 3. The second kappa shape index (κ2) is 7.09. The Balaban J connectivity index is 1.46. The van der Waals surface area contributed by atoms with Crippen LogP contribution in [0.1, 0.15) is 12.7 Å². The number of rotatable bonds is 5. The Labute approximate surface area is 156 Å². The molecule has 6 nitrogen and oxygen atoms in total. The lowest BCUT2D eigenvalue weighted by molar-refractivity contribution is 0.138. The molecule has 1 unspecified atom stereocenters. The van der Waals surface area contributed by atoms with E-state index in [9.17, 15) is 4.79 Å². The van der Waals surface area contributed by atoms with Gasteiger partial charge in [0.05, 0.1) is 24.3 Å². The lowest BCUT2D eigenvalue weighted by Gasteiger charge is -2.37. The van der Waals surface area contributed by atoms with Crippen molar-refractivity contribution in [3.63, 3.8) is 0 Å². The smallest absolute Gasteiger partial charge is 0.268 e. The molecule has 1 aromatic carbocycles. The summed E-state index contributed by atoms with van der Waals surface area (Å²) in [6.45, 7) is 5.30. The fourth-order valence-corrected chi connectivity index (χ4v) is 4.16. The molecule has 0 spiro atoms. The van der Waals surface area contributed by atoms with Gasteiger partial charge in [0.2, 0.25) is 0 Å². The molecular formula is C19H22N4O2S. The molecule has 1 atom stereocenters. The first-order chi connectivity index (χ1) is 12.6. The van der Waals surface area contributed by atoms with Crippen LogP contribution < -0.4 is 15.2 Å². The minimum atomic E-state index is -0.0617. The number of para-hydroxylation sites is 2. The van der Waals surface area contributed by atoms with Crippen LogP contribution in [0.5, 0.6) is 5.75 Å². The predicted molar refractivity (Wildman–Crippen MR) is 105 cm³/mol. The van der Waals surface area contributed by atoms with E-state index in [1.54, 1.807) is 0 Å². The molecule has 0 aliphatic carbocycles. The minimum Gasteiger partial charge on any atom is -0.485 e. The van der Waals surface area contributed by atoms with Gasteiger partial charge < -0.3 is 14.6 Å². The molecule has 3 heterocycles. The highest BCUT2D eigenvalue weighted by atomic mass is 32.1. The van der Waals surface area contributed by atoms with Crippen molar-refractivity contribution < 1.29 is 4.74 Å². The third kappa shape index (κ3) is 3.32. The summed E-state index contributed by atoms with van der Waals surface area (Å²) < 4.78 is 6.86. The Morgan fingerprint density at radius 2 is 2.23 bits per heavy atom. The van der Waals surface area contributed by atoms with Crippen LogP contribution in [-0.2, 0) is 6.54 Å². The van der Waals surface area contributed by atoms with Gasteiger partial charge in [0.15, 0.2) is 0 Å². The highest BCUT2D eigenvalue weighted by molar-refractivity contribution is 7.17. The van der Waals surface area contributed by atoms with E-state index in [2.05, 4.69) is 32.8 Å². The van der Waals surface area contributed by atoms with Crippen molar-refractivity contribution in [2.75, 3.05) is 31.6 Å². The Bertz CT molecular complexity index is 967. The molecule has 3 aromatic rings. The average molecular weight is 370 g/mol. The largest absolute Gasteiger partial charge is 0.485 e. The number of aromatic amines is 1. The quantitative estimate of drug-likeness (QED) is 0.748. The number of ether oxygens (including phenoxy) is 1. The molecule has 0 saturated heterocycles. The van der Waals surface area contributed by atoms with Crippen LogP contribution in [0.2, 0.25) is 0 Å². The molecule has 1 aliphatic heterocycles. The van der Waals surface area contributed by atoms with E-state index in [1.165, 1.54) is 11.3 Å². The number of hydrogen-bond donors (Lipinski definition) is 1. The van der Waals surface area contributed by atoms with E-state index >= 15 is 0 Å². The van der Waals surface area contributed by atoms with Gasteiger partial charge in [0.1, 0.15) is 22.4 Å². The van der Waals surface area contributed by atoms with Crippen molar-refractivity contribution in [2.24, 2.45) is 0 Å². The summed E-state index contributed by atoms with van der Waals surface area (Å²) in [6, 6.07) is 10.1. The lowest BCUT2D eigenvalue weighted by Crippen LogP contribution is -2.45. The number of anilines is 1. The van der Waals surface area contributed by atoms with Gasteiger partial charge in [-0.1, -0.05) is 12.1 Å². The molecule has 0 saturated carbocycles. The number of hydrogen-bond acceptors (Lipinski definition) is 6. The number of H-pyrrole nitrogens is 1. The number of aromatic nitrogens is 2. The molecule has 2 aromatic heterocycles. The fraction of sp³-hybridized carbons (Fsp3) is 0.368. The van der Waals surface area contributed by atoms with Crippen LogP contribution >= 0.6 is 11.3 Å².